The Morgan fingerprint density at radius 3 is 2.43 bits per heavy atom. The van der Waals surface area contributed by atoms with Crippen LogP contribution in [0.3, 0.4) is 0 Å². The van der Waals surface area contributed by atoms with Crippen molar-refractivity contribution in [1.29, 1.82) is 0 Å². The van der Waals surface area contributed by atoms with Crippen LogP contribution in [0.4, 0.5) is 5.69 Å². The molecule has 0 atom stereocenters. The number of nitrogens with zero attached hydrogens (tertiary/aromatic N) is 1. The Bertz CT molecular complexity index is 1100. The number of aromatic nitrogens is 1. The van der Waals surface area contributed by atoms with Gasteiger partial charge in [-0.25, -0.2) is 8.42 Å². The van der Waals surface area contributed by atoms with Crippen LogP contribution in [-0.4, -0.2) is 25.2 Å². The normalized spacial score (nSPS) is 11.4. The standard InChI is InChI=1S/C21H22N2O4S/c1-14-9-10-17(21-15(2)16(3)23-27-21)13-19(14)28(25,26)12-11-20(24)22-18-7-5-4-6-8-18/h4-10,13H,11-12H2,1-3H3,(H,22,24). The summed E-state index contributed by atoms with van der Waals surface area (Å²) in [6, 6.07) is 14.1. The molecule has 1 heterocycles. The summed E-state index contributed by atoms with van der Waals surface area (Å²) < 4.78 is 31.1. The van der Waals surface area contributed by atoms with Crippen LogP contribution in [0.15, 0.2) is 57.9 Å². The third-order valence-electron chi connectivity index (χ3n) is 4.60. The van der Waals surface area contributed by atoms with Gasteiger partial charge in [-0.05, 0) is 44.5 Å². The van der Waals surface area contributed by atoms with Crippen molar-refractivity contribution >= 4 is 21.4 Å². The maximum atomic E-state index is 12.9. The van der Waals surface area contributed by atoms with E-state index in [0.717, 1.165) is 11.3 Å². The van der Waals surface area contributed by atoms with Gasteiger partial charge in [-0.2, -0.15) is 0 Å². The summed E-state index contributed by atoms with van der Waals surface area (Å²) in [7, 11) is -3.64. The van der Waals surface area contributed by atoms with E-state index in [4.69, 9.17) is 4.52 Å². The maximum absolute atomic E-state index is 12.9. The predicted octanol–water partition coefficient (Wildman–Crippen LogP) is 4.07. The van der Waals surface area contributed by atoms with E-state index in [1.54, 1.807) is 43.3 Å². The Labute approximate surface area is 164 Å². The number of carbonyl (C=O) groups is 1. The zero-order valence-corrected chi connectivity index (χ0v) is 16.8. The molecule has 0 spiro atoms. The largest absolute Gasteiger partial charge is 0.356 e. The van der Waals surface area contributed by atoms with Crippen molar-refractivity contribution in [3.63, 3.8) is 0 Å². The molecule has 1 amide bonds. The van der Waals surface area contributed by atoms with Crippen molar-refractivity contribution in [3.8, 4) is 11.3 Å². The Morgan fingerprint density at radius 2 is 1.79 bits per heavy atom. The first-order chi connectivity index (χ1) is 13.3. The summed E-state index contributed by atoms with van der Waals surface area (Å²) >= 11 is 0. The number of nitrogens with one attached hydrogen (secondary N) is 1. The lowest BCUT2D eigenvalue weighted by Gasteiger charge is -2.10. The highest BCUT2D eigenvalue weighted by atomic mass is 32.2. The minimum Gasteiger partial charge on any atom is -0.356 e. The summed E-state index contributed by atoms with van der Waals surface area (Å²) in [5, 5.41) is 6.63. The third kappa shape index (κ3) is 4.31. The van der Waals surface area contributed by atoms with Crippen molar-refractivity contribution in [3.05, 3.63) is 65.4 Å². The van der Waals surface area contributed by atoms with Gasteiger partial charge in [-0.15, -0.1) is 0 Å². The van der Waals surface area contributed by atoms with Crippen molar-refractivity contribution in [2.24, 2.45) is 0 Å². The number of amides is 1. The first-order valence-electron chi connectivity index (χ1n) is 8.89. The molecule has 146 valence electrons. The van der Waals surface area contributed by atoms with Crippen molar-refractivity contribution < 1.29 is 17.7 Å². The van der Waals surface area contributed by atoms with E-state index in [1.165, 1.54) is 0 Å². The van der Waals surface area contributed by atoms with Gasteiger partial charge in [-0.3, -0.25) is 4.79 Å². The molecule has 3 aromatic rings. The molecule has 3 rings (SSSR count). The Morgan fingerprint density at radius 1 is 1.07 bits per heavy atom. The van der Waals surface area contributed by atoms with Gasteiger partial charge < -0.3 is 9.84 Å². The Balaban J connectivity index is 1.78. The molecule has 0 aliphatic heterocycles. The topological polar surface area (TPSA) is 89.3 Å². The lowest BCUT2D eigenvalue weighted by molar-refractivity contribution is -0.115. The van der Waals surface area contributed by atoms with Gasteiger partial charge in [0.2, 0.25) is 5.91 Å². The minimum atomic E-state index is -3.64. The van der Waals surface area contributed by atoms with Crippen LogP contribution in [0.1, 0.15) is 23.2 Å². The highest BCUT2D eigenvalue weighted by Gasteiger charge is 2.21. The molecule has 1 aromatic heterocycles. The molecular weight excluding hydrogens is 376 g/mol. The van der Waals surface area contributed by atoms with Crippen LogP contribution in [-0.2, 0) is 14.6 Å². The highest BCUT2D eigenvalue weighted by molar-refractivity contribution is 7.91. The fourth-order valence-corrected chi connectivity index (χ4v) is 4.38. The van der Waals surface area contributed by atoms with E-state index in [1.807, 2.05) is 26.0 Å². The summed E-state index contributed by atoms with van der Waals surface area (Å²) in [6.45, 7) is 5.45. The van der Waals surface area contributed by atoms with Crippen LogP contribution in [0.2, 0.25) is 0 Å². The van der Waals surface area contributed by atoms with Crippen LogP contribution in [0, 0.1) is 20.8 Å². The Hall–Kier alpha value is -2.93. The molecule has 0 aliphatic rings. The zero-order chi connectivity index (χ0) is 20.3. The van der Waals surface area contributed by atoms with Gasteiger partial charge in [0.05, 0.1) is 16.3 Å². The van der Waals surface area contributed by atoms with Crippen molar-refractivity contribution in [2.45, 2.75) is 32.1 Å². The van der Waals surface area contributed by atoms with Crippen molar-refractivity contribution in [1.82, 2.24) is 5.16 Å². The fourth-order valence-electron chi connectivity index (χ4n) is 2.84. The van der Waals surface area contributed by atoms with E-state index in [2.05, 4.69) is 10.5 Å². The first-order valence-corrected chi connectivity index (χ1v) is 10.5. The van der Waals surface area contributed by atoms with Crippen LogP contribution in [0.25, 0.3) is 11.3 Å². The number of carbonyl (C=O) groups excluding carboxylic acids is 1. The van der Waals surface area contributed by atoms with Crippen LogP contribution in [0.5, 0.6) is 0 Å². The molecular formula is C21H22N2O4S. The molecule has 0 radical (unpaired) electrons. The quantitative estimate of drug-likeness (QED) is 0.676. The Kier molecular flexibility index (Phi) is 5.65. The first kappa shape index (κ1) is 19.8. The number of sulfone groups is 1. The lowest BCUT2D eigenvalue weighted by atomic mass is 10.1. The van der Waals surface area contributed by atoms with Gasteiger partial charge in [0.15, 0.2) is 15.6 Å². The van der Waals surface area contributed by atoms with Crippen molar-refractivity contribution in [2.75, 3.05) is 11.1 Å². The number of hydrogen-bond acceptors (Lipinski definition) is 5. The zero-order valence-electron chi connectivity index (χ0n) is 16.0. The van der Waals surface area contributed by atoms with Gasteiger partial charge in [0.1, 0.15) is 0 Å². The lowest BCUT2D eigenvalue weighted by Crippen LogP contribution is -2.18. The van der Waals surface area contributed by atoms with E-state index < -0.39 is 9.84 Å². The second kappa shape index (κ2) is 7.98. The number of hydrogen-bond donors (Lipinski definition) is 1. The van der Waals surface area contributed by atoms with E-state index in [-0.39, 0.29) is 23.0 Å². The van der Waals surface area contributed by atoms with Gasteiger partial charge in [0.25, 0.3) is 0 Å². The molecule has 0 bridgehead atoms. The molecule has 28 heavy (non-hydrogen) atoms. The maximum Gasteiger partial charge on any atom is 0.225 e. The van der Waals surface area contributed by atoms with Gasteiger partial charge >= 0.3 is 0 Å². The van der Waals surface area contributed by atoms with Crippen LogP contribution < -0.4 is 5.32 Å². The summed E-state index contributed by atoms with van der Waals surface area (Å²) in [5.41, 5.74) is 3.54. The fraction of sp³-hybridized carbons (Fsp3) is 0.238. The molecule has 0 saturated carbocycles. The molecule has 0 saturated heterocycles. The second-order valence-corrected chi connectivity index (χ2v) is 8.76. The average Bonchev–Trinajstić information content (AvgIpc) is 3.00. The number of rotatable bonds is 6. The summed E-state index contributed by atoms with van der Waals surface area (Å²) in [4.78, 5) is 12.3. The molecule has 0 aliphatic carbocycles. The predicted molar refractivity (Wildman–Crippen MR) is 108 cm³/mol. The highest BCUT2D eigenvalue weighted by Crippen LogP contribution is 2.29. The third-order valence-corrected chi connectivity index (χ3v) is 6.45. The summed E-state index contributed by atoms with van der Waals surface area (Å²) in [5.74, 6) is -0.0641. The van der Waals surface area contributed by atoms with E-state index in [0.29, 0.717) is 22.6 Å². The smallest absolute Gasteiger partial charge is 0.225 e. The molecule has 2 aromatic carbocycles. The van der Waals surface area contributed by atoms with Crippen LogP contribution >= 0.6 is 0 Å². The average molecular weight is 398 g/mol. The van der Waals surface area contributed by atoms with Gasteiger partial charge in [0, 0.05) is 23.2 Å². The summed E-state index contributed by atoms with van der Waals surface area (Å²) in [6.07, 6.45) is -0.124. The molecule has 7 heteroatoms. The molecule has 0 unspecified atom stereocenters. The second-order valence-electron chi connectivity index (χ2n) is 6.69. The molecule has 0 fully saturated rings. The van der Waals surface area contributed by atoms with Gasteiger partial charge in [-0.1, -0.05) is 35.5 Å². The number of benzene rings is 2. The molecule has 6 nitrogen and oxygen atoms in total. The number of anilines is 1. The molecule has 1 N–H and O–H groups in total. The minimum absolute atomic E-state index is 0.124. The number of aryl methyl sites for hydroxylation is 2. The SMILES string of the molecule is Cc1ccc(-c2onc(C)c2C)cc1S(=O)(=O)CCC(=O)Nc1ccccc1. The van der Waals surface area contributed by atoms with E-state index >= 15 is 0 Å². The van der Waals surface area contributed by atoms with E-state index in [9.17, 15) is 13.2 Å². The monoisotopic (exact) mass is 398 g/mol. The number of para-hydroxylation sites is 1.